The van der Waals surface area contributed by atoms with Gasteiger partial charge in [-0.1, -0.05) is 6.07 Å². The molecule has 0 N–H and O–H groups in total. The number of esters is 1. The molecule has 1 fully saturated rings. The van der Waals surface area contributed by atoms with E-state index in [2.05, 4.69) is 0 Å². The summed E-state index contributed by atoms with van der Waals surface area (Å²) in [4.78, 5) is 26.3. The van der Waals surface area contributed by atoms with Crippen LogP contribution in [0.4, 0.5) is 18.9 Å². The van der Waals surface area contributed by atoms with Crippen LogP contribution in [-0.2, 0) is 22.3 Å². The van der Waals surface area contributed by atoms with Crippen molar-refractivity contribution in [2.75, 3.05) is 11.9 Å². The van der Waals surface area contributed by atoms with E-state index < -0.39 is 23.3 Å². The van der Waals surface area contributed by atoms with Gasteiger partial charge in [0.2, 0.25) is 5.91 Å². The van der Waals surface area contributed by atoms with Gasteiger partial charge < -0.3 is 14.4 Å². The molecule has 8 heteroatoms. The Balaban J connectivity index is 1.76. The van der Waals surface area contributed by atoms with Crippen LogP contribution in [0.25, 0.3) is 0 Å². The van der Waals surface area contributed by atoms with Crippen LogP contribution in [0.15, 0.2) is 42.5 Å². The molecule has 0 spiro atoms. The average molecular weight is 449 g/mol. The summed E-state index contributed by atoms with van der Waals surface area (Å²) in [5.41, 5.74) is -0.991. The molecular formula is C24H26F3NO4. The van der Waals surface area contributed by atoms with E-state index in [0.29, 0.717) is 5.75 Å². The molecule has 32 heavy (non-hydrogen) atoms. The SMILES string of the molecule is CN(C(=O)C1CC1)c1ccc(OCc2ccc(C(F)(F)F)cc2C(=O)OC(C)(C)C)cc1. The standard InChI is InChI=1S/C24H26F3NO4/c1-23(2,3)32-22(30)20-13-17(24(25,26)27)8-7-16(20)14-31-19-11-9-18(10-12-19)28(4)21(29)15-5-6-15/h7-13,15H,5-6,14H2,1-4H3. The van der Waals surface area contributed by atoms with Gasteiger partial charge in [0.15, 0.2) is 0 Å². The van der Waals surface area contributed by atoms with Gasteiger partial charge in [-0.05, 0) is 70.0 Å². The average Bonchev–Trinajstić information content (AvgIpc) is 3.55. The summed E-state index contributed by atoms with van der Waals surface area (Å²) in [6, 6.07) is 9.72. The highest BCUT2D eigenvalue weighted by atomic mass is 19.4. The maximum absolute atomic E-state index is 13.2. The number of amides is 1. The summed E-state index contributed by atoms with van der Waals surface area (Å²) < 4.78 is 50.4. The number of halogens is 3. The van der Waals surface area contributed by atoms with Crippen molar-refractivity contribution >= 4 is 17.6 Å². The first-order valence-electron chi connectivity index (χ1n) is 10.3. The van der Waals surface area contributed by atoms with Gasteiger partial charge in [0.25, 0.3) is 0 Å². The zero-order valence-corrected chi connectivity index (χ0v) is 18.5. The second kappa shape index (κ2) is 8.84. The largest absolute Gasteiger partial charge is 0.489 e. The van der Waals surface area contributed by atoms with Gasteiger partial charge in [0.1, 0.15) is 18.0 Å². The first-order chi connectivity index (χ1) is 14.8. The minimum absolute atomic E-state index is 0.0745. The van der Waals surface area contributed by atoms with E-state index in [9.17, 15) is 22.8 Å². The van der Waals surface area contributed by atoms with E-state index in [0.717, 1.165) is 30.7 Å². The lowest BCUT2D eigenvalue weighted by atomic mass is 10.0. The summed E-state index contributed by atoms with van der Waals surface area (Å²) in [6.07, 6.45) is -2.76. The van der Waals surface area contributed by atoms with Gasteiger partial charge in [-0.3, -0.25) is 4.79 Å². The Morgan fingerprint density at radius 1 is 1.03 bits per heavy atom. The van der Waals surface area contributed by atoms with E-state index in [1.165, 1.54) is 6.07 Å². The summed E-state index contributed by atoms with van der Waals surface area (Å²) in [5, 5.41) is 0. The molecule has 0 bridgehead atoms. The number of nitrogens with zero attached hydrogens (tertiary/aromatic N) is 1. The molecule has 1 aliphatic carbocycles. The predicted octanol–water partition coefficient (Wildman–Crippen LogP) is 5.61. The number of alkyl halides is 3. The van der Waals surface area contributed by atoms with Crippen molar-refractivity contribution < 1.29 is 32.2 Å². The zero-order valence-electron chi connectivity index (χ0n) is 18.5. The number of anilines is 1. The first kappa shape index (κ1) is 23.6. The molecule has 5 nitrogen and oxygen atoms in total. The molecule has 0 saturated heterocycles. The number of hydrogen-bond acceptors (Lipinski definition) is 4. The lowest BCUT2D eigenvalue weighted by Crippen LogP contribution is -2.27. The number of hydrogen-bond donors (Lipinski definition) is 0. The minimum Gasteiger partial charge on any atom is -0.489 e. The highest BCUT2D eigenvalue weighted by molar-refractivity contribution is 5.96. The third kappa shape index (κ3) is 6.02. The summed E-state index contributed by atoms with van der Waals surface area (Å²) in [7, 11) is 1.71. The second-order valence-corrected chi connectivity index (χ2v) is 8.83. The molecule has 0 atom stereocenters. The van der Waals surface area contributed by atoms with Gasteiger partial charge in [-0.15, -0.1) is 0 Å². The zero-order chi connectivity index (χ0) is 23.7. The predicted molar refractivity (Wildman–Crippen MR) is 114 cm³/mol. The van der Waals surface area contributed by atoms with Crippen molar-refractivity contribution in [3.05, 3.63) is 59.2 Å². The van der Waals surface area contributed by atoms with E-state index in [1.807, 2.05) is 0 Å². The van der Waals surface area contributed by atoms with Crippen LogP contribution in [0.5, 0.6) is 5.75 Å². The van der Waals surface area contributed by atoms with E-state index >= 15 is 0 Å². The van der Waals surface area contributed by atoms with Crippen molar-refractivity contribution in [1.29, 1.82) is 0 Å². The summed E-state index contributed by atoms with van der Waals surface area (Å²) in [6.45, 7) is 4.80. The van der Waals surface area contributed by atoms with Crippen LogP contribution in [0.2, 0.25) is 0 Å². The topological polar surface area (TPSA) is 55.8 Å². The van der Waals surface area contributed by atoms with Gasteiger partial charge in [-0.25, -0.2) is 4.79 Å². The van der Waals surface area contributed by atoms with Crippen molar-refractivity contribution in [2.45, 2.75) is 52.0 Å². The first-order valence-corrected chi connectivity index (χ1v) is 10.3. The monoisotopic (exact) mass is 449 g/mol. The third-order valence-corrected chi connectivity index (χ3v) is 4.93. The highest BCUT2D eigenvalue weighted by Gasteiger charge is 2.33. The number of benzene rings is 2. The molecule has 172 valence electrons. The summed E-state index contributed by atoms with van der Waals surface area (Å²) >= 11 is 0. The van der Waals surface area contributed by atoms with Gasteiger partial charge in [-0.2, -0.15) is 13.2 Å². The maximum Gasteiger partial charge on any atom is 0.416 e. The fraction of sp³-hybridized carbons (Fsp3) is 0.417. The lowest BCUT2D eigenvalue weighted by Gasteiger charge is -2.21. The van der Waals surface area contributed by atoms with Crippen molar-refractivity contribution in [3.8, 4) is 5.75 Å². The molecule has 2 aromatic carbocycles. The Hall–Kier alpha value is -3.03. The lowest BCUT2D eigenvalue weighted by molar-refractivity contribution is -0.137. The van der Waals surface area contributed by atoms with E-state index in [1.54, 1.807) is 57.0 Å². The Kier molecular flexibility index (Phi) is 6.53. The highest BCUT2D eigenvalue weighted by Crippen LogP contribution is 2.33. The van der Waals surface area contributed by atoms with E-state index in [-0.39, 0.29) is 29.6 Å². The number of carbonyl (C=O) groups is 2. The van der Waals surface area contributed by atoms with Crippen LogP contribution in [0.3, 0.4) is 0 Å². The molecule has 0 aromatic heterocycles. The second-order valence-electron chi connectivity index (χ2n) is 8.83. The van der Waals surface area contributed by atoms with Crippen molar-refractivity contribution in [3.63, 3.8) is 0 Å². The Bertz CT molecular complexity index is 990. The Morgan fingerprint density at radius 2 is 1.66 bits per heavy atom. The molecule has 2 aromatic rings. The molecular weight excluding hydrogens is 423 g/mol. The molecule has 3 rings (SSSR count). The minimum atomic E-state index is -4.59. The molecule has 1 amide bonds. The molecule has 1 aliphatic rings. The maximum atomic E-state index is 13.2. The van der Waals surface area contributed by atoms with E-state index in [4.69, 9.17) is 9.47 Å². The van der Waals surface area contributed by atoms with Crippen LogP contribution in [0.1, 0.15) is 55.1 Å². The molecule has 1 saturated carbocycles. The van der Waals surface area contributed by atoms with Gasteiger partial charge in [0.05, 0.1) is 11.1 Å². The van der Waals surface area contributed by atoms with Crippen molar-refractivity contribution in [1.82, 2.24) is 0 Å². The number of rotatable bonds is 6. The number of ether oxygens (including phenoxy) is 2. The van der Waals surface area contributed by atoms with Crippen LogP contribution >= 0.6 is 0 Å². The van der Waals surface area contributed by atoms with Crippen LogP contribution in [-0.4, -0.2) is 24.5 Å². The smallest absolute Gasteiger partial charge is 0.416 e. The third-order valence-electron chi connectivity index (χ3n) is 4.93. The summed E-state index contributed by atoms with van der Waals surface area (Å²) in [5.74, 6) is -0.221. The number of carbonyl (C=O) groups excluding carboxylic acids is 2. The van der Waals surface area contributed by atoms with Crippen LogP contribution in [0, 0.1) is 5.92 Å². The Labute approximate surface area is 185 Å². The molecule has 0 aliphatic heterocycles. The fourth-order valence-corrected chi connectivity index (χ4v) is 3.06. The fourth-order valence-electron chi connectivity index (χ4n) is 3.06. The van der Waals surface area contributed by atoms with Crippen LogP contribution < -0.4 is 9.64 Å². The molecule has 0 unspecified atom stereocenters. The quantitative estimate of drug-likeness (QED) is 0.538. The van der Waals surface area contributed by atoms with Gasteiger partial charge in [0, 0.05) is 24.2 Å². The Morgan fingerprint density at radius 3 is 2.19 bits per heavy atom. The van der Waals surface area contributed by atoms with Gasteiger partial charge >= 0.3 is 12.1 Å². The normalized spacial score (nSPS) is 14.1. The molecule has 0 heterocycles. The molecule has 0 radical (unpaired) electrons. The van der Waals surface area contributed by atoms with Crippen molar-refractivity contribution in [2.24, 2.45) is 5.92 Å².